The van der Waals surface area contributed by atoms with Crippen LogP contribution in [0.4, 0.5) is 0 Å². The van der Waals surface area contributed by atoms with E-state index in [1.165, 1.54) is 154 Å². The van der Waals surface area contributed by atoms with Crippen molar-refractivity contribution in [2.45, 2.75) is 225 Å². The van der Waals surface area contributed by atoms with Crippen LogP contribution < -0.4 is 0 Å². The van der Waals surface area contributed by atoms with Crippen molar-refractivity contribution in [1.29, 1.82) is 0 Å². The van der Waals surface area contributed by atoms with E-state index in [1.807, 2.05) is 21.1 Å². The van der Waals surface area contributed by atoms with Crippen LogP contribution in [0.15, 0.2) is 12.2 Å². The Kier molecular flexibility index (Phi) is 38.3. The third-order valence-electron chi connectivity index (χ3n) is 10.3. The number of likely N-dealkylation sites (N-methyl/N-ethyl adjacent to an activating group) is 1. The predicted molar refractivity (Wildman–Crippen MR) is 234 cm³/mol. The molecule has 0 aliphatic rings. The lowest BCUT2D eigenvalue weighted by Crippen LogP contribution is -2.37. The molecule has 0 saturated carbocycles. The van der Waals surface area contributed by atoms with Gasteiger partial charge in [-0.15, -0.1) is 0 Å². The first-order chi connectivity index (χ1) is 27.0. The highest BCUT2D eigenvalue weighted by Crippen LogP contribution is 2.43. The molecule has 0 rings (SSSR count). The number of quaternary nitrogens is 1. The summed E-state index contributed by atoms with van der Waals surface area (Å²) in [6.07, 6.45) is 41.1. The molecule has 56 heavy (non-hydrogen) atoms. The fraction of sp³-hybridized carbons (Fsp3) is 0.913. The van der Waals surface area contributed by atoms with Crippen LogP contribution in [0, 0.1) is 0 Å². The second kappa shape index (κ2) is 39.2. The van der Waals surface area contributed by atoms with E-state index in [2.05, 4.69) is 26.0 Å². The fourth-order valence-electron chi connectivity index (χ4n) is 6.60. The van der Waals surface area contributed by atoms with E-state index >= 15 is 0 Å². The average molecular weight is 817 g/mol. The lowest BCUT2D eigenvalue weighted by molar-refractivity contribution is -0.870. The summed E-state index contributed by atoms with van der Waals surface area (Å²) >= 11 is 0. The second-order valence-electron chi connectivity index (χ2n) is 17.1. The first-order valence-electron chi connectivity index (χ1n) is 23.4. The van der Waals surface area contributed by atoms with Crippen molar-refractivity contribution in [3.8, 4) is 0 Å². The van der Waals surface area contributed by atoms with Gasteiger partial charge in [-0.1, -0.05) is 180 Å². The maximum absolute atomic E-state index is 12.7. The van der Waals surface area contributed by atoms with Gasteiger partial charge < -0.3 is 18.9 Å². The molecule has 0 amide bonds. The summed E-state index contributed by atoms with van der Waals surface area (Å²) in [5.41, 5.74) is 0. The van der Waals surface area contributed by atoms with Crippen LogP contribution >= 0.6 is 7.82 Å². The summed E-state index contributed by atoms with van der Waals surface area (Å²) in [5, 5.41) is 0. The van der Waals surface area contributed by atoms with E-state index in [0.29, 0.717) is 17.4 Å². The summed E-state index contributed by atoms with van der Waals surface area (Å²) in [4.78, 5) is 35.4. The highest BCUT2D eigenvalue weighted by molar-refractivity contribution is 7.47. The SMILES string of the molecule is CCCCCCCC/C=C\CCCCCCCCCC(=O)OC[C@H](COP(=O)(O)OCC[N+](C)(C)C)OC(=O)CCCCCCCCCCCCCCCCC. The van der Waals surface area contributed by atoms with E-state index < -0.39 is 26.5 Å². The number of hydrogen-bond acceptors (Lipinski definition) is 7. The van der Waals surface area contributed by atoms with Gasteiger partial charge in [0.15, 0.2) is 6.10 Å². The van der Waals surface area contributed by atoms with Gasteiger partial charge in [-0.2, -0.15) is 0 Å². The standard InChI is InChI=1S/C46H90NO8P/c1-6-8-10-12-14-16-18-20-22-23-25-26-28-30-32-34-36-38-45(48)52-42-44(43-54-56(50,51)53-41-40-47(3,4)5)55-46(49)39-37-35-33-31-29-27-24-21-19-17-15-13-11-9-7-2/h20,22,44H,6-19,21,23-43H2,1-5H3/p+1/b22-20-/t44-/m1/s1. The highest BCUT2D eigenvalue weighted by Gasteiger charge is 2.27. The molecule has 0 heterocycles. The number of nitrogens with zero attached hydrogens (tertiary/aromatic N) is 1. The number of phosphoric ester groups is 1. The number of carbonyl (C=O) groups is 2. The van der Waals surface area contributed by atoms with Crippen molar-refractivity contribution in [2.24, 2.45) is 0 Å². The van der Waals surface area contributed by atoms with Crippen LogP contribution in [0.25, 0.3) is 0 Å². The zero-order valence-corrected chi connectivity index (χ0v) is 38.3. The van der Waals surface area contributed by atoms with Gasteiger partial charge in [0.2, 0.25) is 0 Å². The number of phosphoric acid groups is 1. The van der Waals surface area contributed by atoms with Crippen molar-refractivity contribution in [1.82, 2.24) is 0 Å². The summed E-state index contributed by atoms with van der Waals surface area (Å²) in [6, 6.07) is 0. The number of esters is 2. The lowest BCUT2D eigenvalue weighted by atomic mass is 10.0. The van der Waals surface area contributed by atoms with Gasteiger partial charge in [-0.25, -0.2) is 4.57 Å². The van der Waals surface area contributed by atoms with Crippen LogP contribution in [-0.2, 0) is 32.7 Å². The van der Waals surface area contributed by atoms with E-state index in [0.717, 1.165) is 32.1 Å². The smallest absolute Gasteiger partial charge is 0.462 e. The molecule has 0 fully saturated rings. The topological polar surface area (TPSA) is 108 Å². The Hall–Kier alpha value is -1.25. The van der Waals surface area contributed by atoms with Crippen LogP contribution in [0.1, 0.15) is 219 Å². The summed E-state index contributed by atoms with van der Waals surface area (Å²) in [6.45, 7) is 4.45. The van der Waals surface area contributed by atoms with E-state index in [9.17, 15) is 19.0 Å². The van der Waals surface area contributed by atoms with Gasteiger partial charge in [-0.05, 0) is 38.5 Å². The largest absolute Gasteiger partial charge is 0.472 e. The quantitative estimate of drug-likeness (QED) is 0.0213. The minimum absolute atomic E-state index is 0.0343. The molecule has 0 aromatic heterocycles. The minimum atomic E-state index is -4.37. The molecule has 0 aromatic rings. The molecule has 0 spiro atoms. The molecule has 0 saturated heterocycles. The monoisotopic (exact) mass is 817 g/mol. The Morgan fingerprint density at radius 2 is 0.911 bits per heavy atom. The number of allylic oxidation sites excluding steroid dienone is 2. The van der Waals surface area contributed by atoms with Crippen molar-refractivity contribution in [3.63, 3.8) is 0 Å². The van der Waals surface area contributed by atoms with Gasteiger partial charge in [0, 0.05) is 12.8 Å². The molecule has 0 aliphatic heterocycles. The second-order valence-corrected chi connectivity index (χ2v) is 18.6. The third kappa shape index (κ3) is 42.4. The Morgan fingerprint density at radius 3 is 1.32 bits per heavy atom. The molecule has 0 radical (unpaired) electrons. The summed E-state index contributed by atoms with van der Waals surface area (Å²) in [7, 11) is 1.49. The maximum Gasteiger partial charge on any atom is 0.472 e. The normalized spacial score (nSPS) is 13.6. The predicted octanol–water partition coefficient (Wildman–Crippen LogP) is 13.4. The van der Waals surface area contributed by atoms with Gasteiger partial charge >= 0.3 is 19.8 Å². The van der Waals surface area contributed by atoms with Gasteiger partial charge in [-0.3, -0.25) is 18.6 Å². The Balaban J connectivity index is 4.29. The van der Waals surface area contributed by atoms with Crippen molar-refractivity contribution >= 4 is 19.8 Å². The summed E-state index contributed by atoms with van der Waals surface area (Å²) < 4.78 is 34.4. The Labute approximate surface area is 346 Å². The first-order valence-corrected chi connectivity index (χ1v) is 24.9. The number of rotatable bonds is 43. The number of hydrogen-bond donors (Lipinski definition) is 1. The van der Waals surface area contributed by atoms with Crippen LogP contribution in [-0.4, -0.2) is 74.9 Å². The lowest BCUT2D eigenvalue weighted by Gasteiger charge is -2.24. The highest BCUT2D eigenvalue weighted by atomic mass is 31.2. The van der Waals surface area contributed by atoms with E-state index in [4.69, 9.17) is 18.5 Å². The van der Waals surface area contributed by atoms with E-state index in [-0.39, 0.29) is 32.0 Å². The molecular formula is C46H91NO8P+. The Morgan fingerprint density at radius 1 is 0.536 bits per heavy atom. The number of carbonyl (C=O) groups excluding carboxylic acids is 2. The molecule has 2 atom stereocenters. The number of unbranched alkanes of at least 4 members (excludes halogenated alkanes) is 27. The molecule has 0 aromatic carbocycles. The fourth-order valence-corrected chi connectivity index (χ4v) is 7.34. The first kappa shape index (κ1) is 54.8. The minimum Gasteiger partial charge on any atom is -0.462 e. The Bertz CT molecular complexity index is 969. The summed E-state index contributed by atoms with van der Waals surface area (Å²) in [5.74, 6) is -0.792. The zero-order chi connectivity index (χ0) is 41.4. The average Bonchev–Trinajstić information content (AvgIpc) is 3.15. The molecule has 332 valence electrons. The van der Waals surface area contributed by atoms with Crippen LogP contribution in [0.3, 0.4) is 0 Å². The van der Waals surface area contributed by atoms with Crippen molar-refractivity contribution < 1.29 is 42.1 Å². The van der Waals surface area contributed by atoms with Crippen LogP contribution in [0.2, 0.25) is 0 Å². The van der Waals surface area contributed by atoms with Crippen LogP contribution in [0.5, 0.6) is 0 Å². The third-order valence-corrected chi connectivity index (χ3v) is 11.3. The molecular weight excluding hydrogens is 725 g/mol. The molecule has 10 heteroatoms. The zero-order valence-electron chi connectivity index (χ0n) is 37.4. The van der Waals surface area contributed by atoms with Gasteiger partial charge in [0.1, 0.15) is 19.8 Å². The van der Waals surface area contributed by atoms with Crippen molar-refractivity contribution in [3.05, 3.63) is 12.2 Å². The van der Waals surface area contributed by atoms with Gasteiger partial charge in [0.25, 0.3) is 0 Å². The van der Waals surface area contributed by atoms with Gasteiger partial charge in [0.05, 0.1) is 27.7 Å². The molecule has 9 nitrogen and oxygen atoms in total. The maximum atomic E-state index is 12.7. The van der Waals surface area contributed by atoms with Crippen molar-refractivity contribution in [2.75, 3.05) is 47.5 Å². The molecule has 0 aliphatic carbocycles. The molecule has 0 bridgehead atoms. The number of ether oxygens (including phenoxy) is 2. The molecule has 1 unspecified atom stereocenters. The van der Waals surface area contributed by atoms with E-state index in [1.54, 1.807) is 0 Å². The molecule has 1 N–H and O–H groups in total.